The predicted octanol–water partition coefficient (Wildman–Crippen LogP) is 2.67. The average molecular weight is 384 g/mol. The number of hydrogen-bond acceptors (Lipinski definition) is 4. The third-order valence-electron chi connectivity index (χ3n) is 3.97. The molecule has 9 heteroatoms. The van der Waals surface area contributed by atoms with Gasteiger partial charge in [-0.3, -0.25) is 4.79 Å². The highest BCUT2D eigenvalue weighted by atomic mass is 35.5. The minimum Gasteiger partial charge on any atom is -0.364 e. The van der Waals surface area contributed by atoms with E-state index in [2.05, 4.69) is 15.0 Å². The zero-order valence-corrected chi connectivity index (χ0v) is 14.4. The zero-order chi connectivity index (χ0) is 19.1. The first-order valence-electron chi connectivity index (χ1n) is 7.79. The largest absolute Gasteiger partial charge is 0.364 e. The van der Waals surface area contributed by atoms with Crippen molar-refractivity contribution in [3.05, 3.63) is 75.5 Å². The molecule has 0 bridgehead atoms. The number of benzene rings is 2. The second kappa shape index (κ2) is 6.33. The molecule has 2 aromatic heterocycles. The lowest BCUT2D eigenvalue weighted by Gasteiger charge is -2.07. The fourth-order valence-electron chi connectivity index (χ4n) is 2.75. The van der Waals surface area contributed by atoms with Crippen molar-refractivity contribution in [3.8, 4) is 17.1 Å². The van der Waals surface area contributed by atoms with Crippen LogP contribution in [0.4, 0.5) is 4.39 Å². The van der Waals surface area contributed by atoms with Gasteiger partial charge in [-0.2, -0.15) is 0 Å². The molecule has 0 unspecified atom stereocenters. The van der Waals surface area contributed by atoms with Crippen LogP contribution < -0.4 is 11.4 Å². The number of aromatic amines is 1. The number of carbonyl (C=O) groups excluding carboxylic acids is 1. The number of para-hydroxylation sites is 1. The standard InChI is InChI=1S/C18H11ClFN5O2/c19-10-7-5-9(6-8-10)16-22-13(15(21)26)14-17(24-16)25(18(27)23-14)12-4-2-1-3-11(12)20/h1-8H,(H2,21,26)(H,23,27). The topological polar surface area (TPSA) is 107 Å². The van der Waals surface area contributed by atoms with Crippen LogP contribution in [0.5, 0.6) is 0 Å². The molecule has 2 aromatic carbocycles. The molecule has 134 valence electrons. The first-order valence-corrected chi connectivity index (χ1v) is 8.17. The number of halogens is 2. The van der Waals surface area contributed by atoms with Gasteiger partial charge in [0.25, 0.3) is 5.91 Å². The van der Waals surface area contributed by atoms with E-state index in [9.17, 15) is 14.0 Å². The molecule has 0 aliphatic carbocycles. The Hall–Kier alpha value is -3.52. The molecule has 1 amide bonds. The van der Waals surface area contributed by atoms with Crippen molar-refractivity contribution in [2.24, 2.45) is 5.73 Å². The van der Waals surface area contributed by atoms with Crippen LogP contribution in [0, 0.1) is 5.82 Å². The Morgan fingerprint density at radius 1 is 1.11 bits per heavy atom. The SMILES string of the molecule is NC(=O)c1nc(-c2ccc(Cl)cc2)nc2c1[nH]c(=O)n2-c1ccccc1F. The number of hydrogen-bond donors (Lipinski definition) is 2. The summed E-state index contributed by atoms with van der Waals surface area (Å²) in [4.78, 5) is 35.4. The molecule has 4 rings (SSSR count). The Balaban J connectivity index is 2.08. The molecule has 27 heavy (non-hydrogen) atoms. The van der Waals surface area contributed by atoms with E-state index in [4.69, 9.17) is 17.3 Å². The van der Waals surface area contributed by atoms with Gasteiger partial charge >= 0.3 is 5.69 Å². The maximum atomic E-state index is 14.3. The number of fused-ring (bicyclic) bond motifs is 1. The summed E-state index contributed by atoms with van der Waals surface area (Å²) in [5.74, 6) is -1.32. The van der Waals surface area contributed by atoms with Crippen LogP contribution >= 0.6 is 11.6 Å². The fourth-order valence-corrected chi connectivity index (χ4v) is 2.87. The second-order valence-corrected chi connectivity index (χ2v) is 6.12. The van der Waals surface area contributed by atoms with E-state index in [0.717, 1.165) is 4.57 Å². The van der Waals surface area contributed by atoms with Crippen molar-refractivity contribution in [2.45, 2.75) is 0 Å². The monoisotopic (exact) mass is 383 g/mol. The van der Waals surface area contributed by atoms with Crippen molar-refractivity contribution < 1.29 is 9.18 Å². The number of aromatic nitrogens is 4. The van der Waals surface area contributed by atoms with E-state index in [1.165, 1.54) is 18.2 Å². The Morgan fingerprint density at radius 2 is 1.81 bits per heavy atom. The highest BCUT2D eigenvalue weighted by Crippen LogP contribution is 2.23. The predicted molar refractivity (Wildman–Crippen MR) is 98.4 cm³/mol. The minimum absolute atomic E-state index is 0.00933. The van der Waals surface area contributed by atoms with Crippen LogP contribution in [0.25, 0.3) is 28.2 Å². The van der Waals surface area contributed by atoms with Crippen LogP contribution in [-0.4, -0.2) is 25.4 Å². The van der Waals surface area contributed by atoms with Gasteiger partial charge in [-0.05, 0) is 36.4 Å². The number of nitrogens with zero attached hydrogens (tertiary/aromatic N) is 3. The molecule has 0 fully saturated rings. The summed E-state index contributed by atoms with van der Waals surface area (Å²) in [6, 6.07) is 12.3. The first kappa shape index (κ1) is 16.9. The van der Waals surface area contributed by atoms with Gasteiger partial charge in [0.15, 0.2) is 17.2 Å². The van der Waals surface area contributed by atoms with Crippen molar-refractivity contribution in [1.82, 2.24) is 19.5 Å². The molecule has 4 aromatic rings. The molecule has 0 saturated heterocycles. The molecule has 0 spiro atoms. The molecule has 0 atom stereocenters. The number of nitrogens with one attached hydrogen (secondary N) is 1. The highest BCUT2D eigenvalue weighted by molar-refractivity contribution is 6.30. The molecular formula is C18H11ClFN5O2. The molecular weight excluding hydrogens is 373 g/mol. The number of primary amides is 1. The van der Waals surface area contributed by atoms with Gasteiger partial charge in [0.05, 0.1) is 5.69 Å². The number of rotatable bonds is 3. The van der Waals surface area contributed by atoms with Gasteiger partial charge in [-0.25, -0.2) is 23.7 Å². The maximum Gasteiger partial charge on any atom is 0.332 e. The van der Waals surface area contributed by atoms with E-state index in [1.54, 1.807) is 30.3 Å². The zero-order valence-electron chi connectivity index (χ0n) is 13.6. The minimum atomic E-state index is -0.848. The van der Waals surface area contributed by atoms with E-state index in [1.807, 2.05) is 0 Å². The molecule has 0 radical (unpaired) electrons. The van der Waals surface area contributed by atoms with Gasteiger partial charge in [-0.1, -0.05) is 23.7 Å². The van der Waals surface area contributed by atoms with Gasteiger partial charge in [0.1, 0.15) is 11.3 Å². The molecule has 2 heterocycles. The Labute approximate surface area is 156 Å². The lowest BCUT2D eigenvalue weighted by molar-refractivity contribution is 0.0997. The lowest BCUT2D eigenvalue weighted by Crippen LogP contribution is -2.16. The summed E-state index contributed by atoms with van der Waals surface area (Å²) < 4.78 is 15.3. The van der Waals surface area contributed by atoms with Crippen molar-refractivity contribution in [3.63, 3.8) is 0 Å². The van der Waals surface area contributed by atoms with Gasteiger partial charge in [0, 0.05) is 10.6 Å². The Morgan fingerprint density at radius 3 is 2.48 bits per heavy atom. The van der Waals surface area contributed by atoms with Crippen molar-refractivity contribution >= 4 is 28.7 Å². The highest BCUT2D eigenvalue weighted by Gasteiger charge is 2.21. The van der Waals surface area contributed by atoms with Crippen LogP contribution in [0.1, 0.15) is 10.5 Å². The fraction of sp³-hybridized carbons (Fsp3) is 0. The van der Waals surface area contributed by atoms with E-state index < -0.39 is 17.4 Å². The lowest BCUT2D eigenvalue weighted by atomic mass is 10.2. The molecule has 3 N–H and O–H groups in total. The van der Waals surface area contributed by atoms with Gasteiger partial charge in [-0.15, -0.1) is 0 Å². The molecule has 0 aliphatic heterocycles. The molecule has 0 aliphatic rings. The van der Waals surface area contributed by atoms with Gasteiger partial charge < -0.3 is 10.7 Å². The first-order chi connectivity index (χ1) is 13.0. The van der Waals surface area contributed by atoms with Crippen molar-refractivity contribution in [1.29, 1.82) is 0 Å². The average Bonchev–Trinajstić information content (AvgIpc) is 2.97. The smallest absolute Gasteiger partial charge is 0.332 e. The summed E-state index contributed by atoms with van der Waals surface area (Å²) in [7, 11) is 0. The normalized spacial score (nSPS) is 11.0. The number of imidazole rings is 1. The van der Waals surface area contributed by atoms with Crippen LogP contribution in [0.3, 0.4) is 0 Å². The van der Waals surface area contributed by atoms with Crippen LogP contribution in [0.2, 0.25) is 5.02 Å². The number of nitrogens with two attached hydrogens (primary N) is 1. The van der Waals surface area contributed by atoms with E-state index in [-0.39, 0.29) is 28.4 Å². The van der Waals surface area contributed by atoms with Crippen LogP contribution in [0.15, 0.2) is 53.3 Å². The summed E-state index contributed by atoms with van der Waals surface area (Å²) in [6.07, 6.45) is 0. The van der Waals surface area contributed by atoms with Crippen LogP contribution in [-0.2, 0) is 0 Å². The third kappa shape index (κ3) is 2.85. The number of amides is 1. The summed E-state index contributed by atoms with van der Waals surface area (Å²) >= 11 is 5.89. The Bertz CT molecular complexity index is 1250. The quantitative estimate of drug-likeness (QED) is 0.567. The maximum absolute atomic E-state index is 14.3. The molecule has 0 saturated carbocycles. The molecule has 7 nitrogen and oxygen atoms in total. The summed E-state index contributed by atoms with van der Waals surface area (Å²) in [5.41, 5.74) is 5.21. The number of H-pyrrole nitrogens is 1. The summed E-state index contributed by atoms with van der Waals surface area (Å²) in [6.45, 7) is 0. The van der Waals surface area contributed by atoms with E-state index >= 15 is 0 Å². The summed E-state index contributed by atoms with van der Waals surface area (Å²) in [5, 5.41) is 0.514. The Kier molecular flexibility index (Phi) is 3.97. The van der Waals surface area contributed by atoms with E-state index in [0.29, 0.717) is 10.6 Å². The van der Waals surface area contributed by atoms with Crippen molar-refractivity contribution in [2.75, 3.05) is 0 Å². The second-order valence-electron chi connectivity index (χ2n) is 5.68. The number of carbonyl (C=O) groups is 1. The third-order valence-corrected chi connectivity index (χ3v) is 4.22. The van der Waals surface area contributed by atoms with Gasteiger partial charge in [0.2, 0.25) is 0 Å².